The summed E-state index contributed by atoms with van der Waals surface area (Å²) in [5.41, 5.74) is 6.83. The molecule has 5 aromatic rings. The van der Waals surface area contributed by atoms with Gasteiger partial charge in [0, 0.05) is 29.5 Å². The Kier molecular flexibility index (Phi) is 7.71. The highest BCUT2D eigenvalue weighted by atomic mass is 16.5. The van der Waals surface area contributed by atoms with Gasteiger partial charge in [0.15, 0.2) is 5.82 Å². The van der Waals surface area contributed by atoms with Gasteiger partial charge in [-0.15, -0.1) is 0 Å². The van der Waals surface area contributed by atoms with Crippen LogP contribution in [-0.4, -0.2) is 30.8 Å². The number of nitrogens with zero attached hydrogens (tertiary/aromatic N) is 3. The van der Waals surface area contributed by atoms with E-state index in [4.69, 9.17) is 14.2 Å². The van der Waals surface area contributed by atoms with E-state index in [1.807, 2.05) is 67.6 Å². The summed E-state index contributed by atoms with van der Waals surface area (Å²) >= 11 is 0. The molecule has 3 heterocycles. The molecule has 0 saturated heterocycles. The van der Waals surface area contributed by atoms with E-state index in [2.05, 4.69) is 37.0 Å². The third kappa shape index (κ3) is 5.43. The van der Waals surface area contributed by atoms with Crippen LogP contribution in [0.4, 0.5) is 0 Å². The van der Waals surface area contributed by atoms with E-state index < -0.39 is 5.76 Å². The Morgan fingerprint density at radius 3 is 2.43 bits per heavy atom. The molecule has 0 amide bonds. The second-order valence-electron chi connectivity index (χ2n) is 11.2. The summed E-state index contributed by atoms with van der Waals surface area (Å²) < 4.78 is 12.5. The van der Waals surface area contributed by atoms with Crippen molar-refractivity contribution in [2.45, 2.75) is 59.0 Å². The van der Waals surface area contributed by atoms with Crippen molar-refractivity contribution in [3.05, 3.63) is 116 Å². The van der Waals surface area contributed by atoms with Crippen LogP contribution in [0.2, 0.25) is 0 Å². The monoisotopic (exact) mass is 566 g/mol. The molecule has 0 saturated carbocycles. The molecule has 0 bridgehead atoms. The maximum atomic E-state index is 14.1. The molecule has 0 fully saturated rings. The number of ether oxygens (including phenoxy) is 1. The number of benzene rings is 3. The number of aromatic nitrogens is 4. The molecule has 42 heavy (non-hydrogen) atoms. The van der Waals surface area contributed by atoms with Gasteiger partial charge in [-0.3, -0.25) is 18.9 Å². The Balaban J connectivity index is 0.00000353. The van der Waals surface area contributed by atoms with Gasteiger partial charge in [-0.25, -0.2) is 9.78 Å². The Morgan fingerprint density at radius 1 is 1.00 bits per heavy atom. The molecule has 216 valence electrons. The van der Waals surface area contributed by atoms with Crippen LogP contribution < -0.4 is 16.1 Å². The number of aryl methyl sites for hydroxylation is 2. The largest absolute Gasteiger partial charge is 0.487 e. The van der Waals surface area contributed by atoms with Crippen molar-refractivity contribution in [3.63, 3.8) is 0 Å². The van der Waals surface area contributed by atoms with Crippen LogP contribution in [0.1, 0.15) is 55.4 Å². The highest BCUT2D eigenvalue weighted by Gasteiger charge is 2.30. The van der Waals surface area contributed by atoms with Gasteiger partial charge in [0.05, 0.1) is 11.4 Å². The van der Waals surface area contributed by atoms with E-state index in [0.29, 0.717) is 23.6 Å². The first-order valence-corrected chi connectivity index (χ1v) is 13.9. The topological polar surface area (TPSA) is 135 Å². The first-order valence-electron chi connectivity index (χ1n) is 13.9. The highest BCUT2D eigenvalue weighted by molar-refractivity contribution is 5.80. The van der Waals surface area contributed by atoms with Crippen molar-refractivity contribution < 1.29 is 14.7 Å². The molecule has 1 aliphatic rings. The predicted octanol–water partition coefficient (Wildman–Crippen LogP) is 4.98. The van der Waals surface area contributed by atoms with Gasteiger partial charge in [0.2, 0.25) is 0 Å². The fourth-order valence-electron chi connectivity index (χ4n) is 5.67. The predicted molar refractivity (Wildman–Crippen MR) is 161 cm³/mol. The molecule has 9 heteroatoms. The maximum Gasteiger partial charge on any atom is 0.439 e. The molecular weight excluding hydrogens is 532 g/mol. The van der Waals surface area contributed by atoms with Gasteiger partial charge in [0.1, 0.15) is 17.2 Å². The second kappa shape index (κ2) is 11.3. The van der Waals surface area contributed by atoms with Crippen molar-refractivity contribution in [2.24, 2.45) is 0 Å². The third-order valence-corrected chi connectivity index (χ3v) is 7.49. The maximum absolute atomic E-state index is 14.1. The van der Waals surface area contributed by atoms with Gasteiger partial charge < -0.3 is 10.2 Å². The van der Waals surface area contributed by atoms with Crippen LogP contribution in [0.3, 0.4) is 0 Å². The average Bonchev–Trinajstić information content (AvgIpc) is 3.52. The van der Waals surface area contributed by atoms with Crippen LogP contribution in [0.5, 0.6) is 5.75 Å². The van der Waals surface area contributed by atoms with Crippen LogP contribution in [0, 0.1) is 6.92 Å². The zero-order valence-corrected chi connectivity index (χ0v) is 24.2. The third-order valence-electron chi connectivity index (χ3n) is 7.49. The number of H-pyrrole nitrogens is 1. The van der Waals surface area contributed by atoms with Crippen LogP contribution in [0.25, 0.3) is 28.2 Å². The lowest BCUT2D eigenvalue weighted by Crippen LogP contribution is -2.28. The summed E-state index contributed by atoms with van der Waals surface area (Å²) in [7, 11) is 0. The standard InChI is InChI=1S/C33H32N4O4.H2O/c1-5-8-28-27(31(38)37(20(2)34-28)24-15-16-29-23(18-24)19-33(3,4)40-29)17-21-11-13-22(14-12-21)25-9-6-7-10-26(25)30-35-32(39)41-36-30;/h6-7,9-16,18H,5,8,17,19H2,1-4H3,(H,35,36,39);1H2. The summed E-state index contributed by atoms with van der Waals surface area (Å²) in [6.07, 6.45) is 2.90. The minimum atomic E-state index is -0.595. The van der Waals surface area contributed by atoms with Crippen LogP contribution in [-0.2, 0) is 19.3 Å². The van der Waals surface area contributed by atoms with Crippen LogP contribution >= 0.6 is 0 Å². The van der Waals surface area contributed by atoms with E-state index in [1.54, 1.807) is 4.57 Å². The molecule has 3 N–H and O–H groups in total. The normalized spacial score (nSPS) is 13.3. The first kappa shape index (κ1) is 28.8. The van der Waals surface area contributed by atoms with Crippen molar-refractivity contribution in [2.75, 3.05) is 0 Å². The molecule has 0 aliphatic carbocycles. The quantitative estimate of drug-likeness (QED) is 0.295. The highest BCUT2D eigenvalue weighted by Crippen LogP contribution is 2.36. The van der Waals surface area contributed by atoms with Gasteiger partial charge in [-0.2, -0.15) is 0 Å². The summed E-state index contributed by atoms with van der Waals surface area (Å²) in [5, 5.41) is 3.85. The smallest absolute Gasteiger partial charge is 0.439 e. The molecule has 6 rings (SSSR count). The molecule has 9 nitrogen and oxygen atoms in total. The molecule has 0 unspecified atom stereocenters. The molecule has 2 aromatic heterocycles. The number of nitrogens with one attached hydrogen (secondary N) is 1. The van der Waals surface area contributed by atoms with Crippen LogP contribution in [0.15, 0.2) is 80.8 Å². The molecule has 3 aromatic carbocycles. The zero-order valence-electron chi connectivity index (χ0n) is 24.2. The Labute approximate surface area is 243 Å². The summed E-state index contributed by atoms with van der Waals surface area (Å²) in [4.78, 5) is 33.1. The Hall–Kier alpha value is -4.76. The number of rotatable bonds is 7. The molecular formula is C33H34N4O5. The lowest BCUT2D eigenvalue weighted by molar-refractivity contribution is 0.138. The molecule has 0 radical (unpaired) electrons. The van der Waals surface area contributed by atoms with Crippen molar-refractivity contribution >= 4 is 0 Å². The van der Waals surface area contributed by atoms with Crippen molar-refractivity contribution in [3.8, 4) is 34.0 Å². The minimum absolute atomic E-state index is 0. The fraction of sp³-hybridized carbons (Fsp3) is 0.273. The van der Waals surface area contributed by atoms with E-state index in [-0.39, 0.29) is 16.6 Å². The fourth-order valence-corrected chi connectivity index (χ4v) is 5.67. The van der Waals surface area contributed by atoms with Gasteiger partial charge in [-0.05, 0) is 62.1 Å². The summed E-state index contributed by atoms with van der Waals surface area (Å²) in [6.45, 7) is 8.14. The lowest BCUT2D eigenvalue weighted by atomic mass is 9.96. The molecule has 1 aliphatic heterocycles. The Morgan fingerprint density at radius 2 is 1.74 bits per heavy atom. The van der Waals surface area contributed by atoms with Gasteiger partial charge in [0.25, 0.3) is 5.56 Å². The average molecular weight is 567 g/mol. The minimum Gasteiger partial charge on any atom is -0.487 e. The number of aromatic amines is 1. The van der Waals surface area contributed by atoms with E-state index in [1.165, 1.54) is 0 Å². The summed E-state index contributed by atoms with van der Waals surface area (Å²) in [6, 6.07) is 21.7. The van der Waals surface area contributed by atoms with E-state index in [9.17, 15) is 9.59 Å². The molecule has 0 spiro atoms. The van der Waals surface area contributed by atoms with Crippen molar-refractivity contribution in [1.29, 1.82) is 0 Å². The second-order valence-corrected chi connectivity index (χ2v) is 11.2. The van der Waals surface area contributed by atoms with E-state index >= 15 is 0 Å². The number of hydrogen-bond acceptors (Lipinski definition) is 6. The lowest BCUT2D eigenvalue weighted by Gasteiger charge is -2.16. The van der Waals surface area contributed by atoms with Crippen molar-refractivity contribution in [1.82, 2.24) is 19.7 Å². The van der Waals surface area contributed by atoms with Gasteiger partial charge in [-0.1, -0.05) is 67.0 Å². The molecule has 0 atom stereocenters. The SMILES string of the molecule is CCCc1nc(C)n(-c2ccc3c(c2)CC(C)(C)O3)c(=O)c1Cc1ccc(-c2ccccc2-c2noc(=O)[nH]2)cc1.O. The summed E-state index contributed by atoms with van der Waals surface area (Å²) in [5.74, 6) is 1.34. The number of fused-ring (bicyclic) bond motifs is 1. The first-order chi connectivity index (χ1) is 19.7. The zero-order chi connectivity index (χ0) is 28.7. The number of hydrogen-bond donors (Lipinski definition) is 1. The van der Waals surface area contributed by atoms with E-state index in [0.717, 1.165) is 64.2 Å². The van der Waals surface area contributed by atoms with Gasteiger partial charge >= 0.3 is 5.76 Å². The Bertz CT molecular complexity index is 1870.